The molecule has 94 valence electrons. The maximum absolute atomic E-state index is 13.3. The van der Waals surface area contributed by atoms with Crippen molar-refractivity contribution < 1.29 is 9.50 Å². The molecule has 2 aromatic carbocycles. The first-order valence-electron chi connectivity index (χ1n) is 5.37. The van der Waals surface area contributed by atoms with E-state index in [-0.39, 0.29) is 5.82 Å². The van der Waals surface area contributed by atoms with Crippen molar-refractivity contribution in [3.05, 3.63) is 67.9 Å². The maximum atomic E-state index is 13.3. The van der Waals surface area contributed by atoms with E-state index in [0.29, 0.717) is 5.56 Å². The van der Waals surface area contributed by atoms with Crippen molar-refractivity contribution in [2.45, 2.75) is 13.0 Å². The summed E-state index contributed by atoms with van der Waals surface area (Å²) in [5.74, 6) is -0.333. The van der Waals surface area contributed by atoms with Crippen LogP contribution in [0.2, 0.25) is 0 Å². The second-order valence-corrected chi connectivity index (χ2v) is 5.85. The number of halogens is 3. The fourth-order valence-corrected chi connectivity index (χ4v) is 2.44. The average Bonchev–Trinajstić information content (AvgIpc) is 2.30. The Hall–Kier alpha value is -0.710. The average molecular weight is 374 g/mol. The number of aliphatic hydroxyl groups is 1. The van der Waals surface area contributed by atoms with Gasteiger partial charge in [-0.2, -0.15) is 0 Å². The van der Waals surface area contributed by atoms with Crippen LogP contribution in [0.15, 0.2) is 45.3 Å². The lowest BCUT2D eigenvalue weighted by Gasteiger charge is -2.13. The molecular weight excluding hydrogens is 363 g/mol. The normalized spacial score (nSPS) is 12.5. The smallest absolute Gasteiger partial charge is 0.123 e. The summed E-state index contributed by atoms with van der Waals surface area (Å²) in [6, 6.07) is 10.0. The minimum absolute atomic E-state index is 0.333. The molecule has 1 N–H and O–H groups in total. The molecule has 0 aliphatic rings. The van der Waals surface area contributed by atoms with Crippen LogP contribution in [-0.4, -0.2) is 5.11 Å². The van der Waals surface area contributed by atoms with Crippen LogP contribution in [0, 0.1) is 12.7 Å². The first kappa shape index (κ1) is 13.7. The number of hydrogen-bond donors (Lipinski definition) is 1. The predicted octanol–water partition coefficient (Wildman–Crippen LogP) is 4.74. The monoisotopic (exact) mass is 372 g/mol. The van der Waals surface area contributed by atoms with Crippen LogP contribution in [0.25, 0.3) is 0 Å². The Kier molecular flexibility index (Phi) is 4.20. The van der Waals surface area contributed by atoms with Gasteiger partial charge in [0.15, 0.2) is 0 Å². The molecule has 1 nitrogen and oxygen atoms in total. The van der Waals surface area contributed by atoms with Crippen molar-refractivity contribution in [2.75, 3.05) is 0 Å². The van der Waals surface area contributed by atoms with E-state index in [2.05, 4.69) is 31.9 Å². The van der Waals surface area contributed by atoms with Crippen LogP contribution in [0.5, 0.6) is 0 Å². The van der Waals surface area contributed by atoms with Gasteiger partial charge in [-0.3, -0.25) is 0 Å². The molecule has 0 aromatic heterocycles. The molecule has 1 atom stereocenters. The van der Waals surface area contributed by atoms with Crippen LogP contribution in [0.4, 0.5) is 4.39 Å². The zero-order valence-corrected chi connectivity index (χ0v) is 12.8. The number of benzene rings is 2. The standard InChI is InChI=1S/C14H11Br2FO/c1-8-4-10(6-11(17)5-8)14(18)9-2-3-12(15)13(16)7-9/h2-7,14,18H,1H3. The fraction of sp³-hybridized carbons (Fsp3) is 0.143. The van der Waals surface area contributed by atoms with E-state index in [0.717, 1.165) is 20.1 Å². The van der Waals surface area contributed by atoms with E-state index in [1.807, 2.05) is 12.1 Å². The lowest BCUT2D eigenvalue weighted by atomic mass is 10.00. The third-order valence-electron chi connectivity index (χ3n) is 2.64. The summed E-state index contributed by atoms with van der Waals surface area (Å²) < 4.78 is 15.1. The molecule has 18 heavy (non-hydrogen) atoms. The number of aliphatic hydroxyl groups excluding tert-OH is 1. The van der Waals surface area contributed by atoms with Gasteiger partial charge in [0.2, 0.25) is 0 Å². The van der Waals surface area contributed by atoms with Crippen molar-refractivity contribution in [1.82, 2.24) is 0 Å². The predicted molar refractivity (Wildman–Crippen MR) is 77.0 cm³/mol. The Morgan fingerprint density at radius 1 is 1.00 bits per heavy atom. The van der Waals surface area contributed by atoms with Gasteiger partial charge >= 0.3 is 0 Å². The molecule has 0 spiro atoms. The van der Waals surface area contributed by atoms with Gasteiger partial charge in [0.25, 0.3) is 0 Å². The molecule has 0 aliphatic heterocycles. The second-order valence-electron chi connectivity index (χ2n) is 4.14. The van der Waals surface area contributed by atoms with Gasteiger partial charge in [-0.15, -0.1) is 0 Å². The molecule has 0 saturated carbocycles. The Bertz CT molecular complexity index is 564. The summed E-state index contributed by atoms with van der Waals surface area (Å²) in [5.41, 5.74) is 2.07. The Morgan fingerprint density at radius 3 is 2.33 bits per heavy atom. The highest BCUT2D eigenvalue weighted by Gasteiger charge is 2.13. The zero-order valence-electron chi connectivity index (χ0n) is 9.62. The molecule has 0 bridgehead atoms. The Morgan fingerprint density at radius 2 is 1.72 bits per heavy atom. The highest BCUT2D eigenvalue weighted by molar-refractivity contribution is 9.13. The van der Waals surface area contributed by atoms with Crippen LogP contribution in [-0.2, 0) is 0 Å². The van der Waals surface area contributed by atoms with E-state index in [1.54, 1.807) is 19.1 Å². The first-order chi connectivity index (χ1) is 8.47. The maximum Gasteiger partial charge on any atom is 0.123 e. The van der Waals surface area contributed by atoms with Crippen LogP contribution >= 0.6 is 31.9 Å². The molecular formula is C14H11Br2FO. The van der Waals surface area contributed by atoms with E-state index in [4.69, 9.17) is 0 Å². The Labute approximate surface area is 122 Å². The van der Waals surface area contributed by atoms with Gasteiger partial charge in [0.1, 0.15) is 11.9 Å². The van der Waals surface area contributed by atoms with Gasteiger partial charge in [0.05, 0.1) is 0 Å². The summed E-state index contributed by atoms with van der Waals surface area (Å²) in [6.45, 7) is 1.80. The first-order valence-corrected chi connectivity index (χ1v) is 6.96. The molecule has 0 radical (unpaired) electrons. The number of aryl methyl sites for hydroxylation is 1. The van der Waals surface area contributed by atoms with Crippen molar-refractivity contribution in [2.24, 2.45) is 0 Å². The van der Waals surface area contributed by atoms with Crippen molar-refractivity contribution in [1.29, 1.82) is 0 Å². The summed E-state index contributed by atoms with van der Waals surface area (Å²) >= 11 is 6.75. The van der Waals surface area contributed by atoms with Crippen LogP contribution in [0.1, 0.15) is 22.8 Å². The summed E-state index contributed by atoms with van der Waals surface area (Å²) in [4.78, 5) is 0. The second kappa shape index (κ2) is 5.51. The third kappa shape index (κ3) is 2.99. The van der Waals surface area contributed by atoms with Crippen molar-refractivity contribution in [3.63, 3.8) is 0 Å². The third-order valence-corrected chi connectivity index (χ3v) is 4.52. The van der Waals surface area contributed by atoms with Gasteiger partial charge in [-0.1, -0.05) is 12.1 Å². The van der Waals surface area contributed by atoms with E-state index < -0.39 is 6.10 Å². The summed E-state index contributed by atoms with van der Waals surface area (Å²) in [5, 5.41) is 10.3. The lowest BCUT2D eigenvalue weighted by molar-refractivity contribution is 0.219. The van der Waals surface area contributed by atoms with Gasteiger partial charge in [-0.05, 0) is 79.7 Å². The highest BCUT2D eigenvalue weighted by Crippen LogP contribution is 2.29. The fourth-order valence-electron chi connectivity index (χ4n) is 1.80. The number of rotatable bonds is 2. The molecule has 2 aromatic rings. The summed E-state index contributed by atoms with van der Waals surface area (Å²) in [7, 11) is 0. The minimum atomic E-state index is -0.830. The van der Waals surface area contributed by atoms with E-state index in [9.17, 15) is 9.50 Å². The Balaban J connectivity index is 2.40. The SMILES string of the molecule is Cc1cc(F)cc(C(O)c2ccc(Br)c(Br)c2)c1. The van der Waals surface area contributed by atoms with E-state index in [1.165, 1.54) is 12.1 Å². The van der Waals surface area contributed by atoms with Crippen molar-refractivity contribution >= 4 is 31.9 Å². The molecule has 0 fully saturated rings. The lowest BCUT2D eigenvalue weighted by Crippen LogP contribution is -2.01. The molecule has 0 amide bonds. The summed E-state index contributed by atoms with van der Waals surface area (Å²) in [6.07, 6.45) is -0.830. The van der Waals surface area contributed by atoms with Gasteiger partial charge in [-0.25, -0.2) is 4.39 Å². The minimum Gasteiger partial charge on any atom is -0.384 e. The molecule has 1 unspecified atom stereocenters. The van der Waals surface area contributed by atoms with Crippen LogP contribution in [0.3, 0.4) is 0 Å². The van der Waals surface area contributed by atoms with Crippen LogP contribution < -0.4 is 0 Å². The topological polar surface area (TPSA) is 20.2 Å². The molecule has 0 aliphatic carbocycles. The zero-order chi connectivity index (χ0) is 13.3. The molecule has 4 heteroatoms. The molecule has 0 heterocycles. The molecule has 0 saturated heterocycles. The number of hydrogen-bond acceptors (Lipinski definition) is 1. The highest BCUT2D eigenvalue weighted by atomic mass is 79.9. The van der Waals surface area contributed by atoms with Gasteiger partial charge < -0.3 is 5.11 Å². The van der Waals surface area contributed by atoms with E-state index >= 15 is 0 Å². The van der Waals surface area contributed by atoms with Crippen molar-refractivity contribution in [3.8, 4) is 0 Å². The largest absolute Gasteiger partial charge is 0.384 e. The molecule has 2 rings (SSSR count). The van der Waals surface area contributed by atoms with Gasteiger partial charge in [0, 0.05) is 8.95 Å². The quantitative estimate of drug-likeness (QED) is 0.805.